The van der Waals surface area contributed by atoms with Crippen molar-refractivity contribution >= 4 is 11.9 Å². The highest BCUT2D eigenvalue weighted by molar-refractivity contribution is 5.76. The van der Waals surface area contributed by atoms with Crippen molar-refractivity contribution in [3.8, 4) is 11.5 Å². The second-order valence-corrected chi connectivity index (χ2v) is 5.18. The topological polar surface area (TPSA) is 96.5 Å². The zero-order chi connectivity index (χ0) is 16.7. The first-order chi connectivity index (χ1) is 11.1. The smallest absolute Gasteiger partial charge is 0.303 e. The molecule has 0 aliphatic carbocycles. The van der Waals surface area contributed by atoms with E-state index >= 15 is 0 Å². The Morgan fingerprint density at radius 1 is 1.17 bits per heavy atom. The minimum atomic E-state index is -0.856. The van der Waals surface area contributed by atoms with Gasteiger partial charge < -0.3 is 14.4 Å². The number of rotatable bonds is 8. The monoisotopic (exact) mass is 317 g/mol. The third kappa shape index (κ3) is 5.21. The van der Waals surface area contributed by atoms with E-state index in [1.807, 2.05) is 30.3 Å². The molecular weight excluding hydrogens is 298 g/mol. The predicted octanol–water partition coefficient (Wildman–Crippen LogP) is 1.99. The highest BCUT2D eigenvalue weighted by Crippen LogP contribution is 2.17. The number of carboxylic acids is 1. The van der Waals surface area contributed by atoms with Gasteiger partial charge in [0.2, 0.25) is 17.7 Å². The maximum absolute atomic E-state index is 12.0. The predicted molar refractivity (Wildman–Crippen MR) is 82.6 cm³/mol. The van der Waals surface area contributed by atoms with Gasteiger partial charge in [-0.15, -0.1) is 10.2 Å². The normalized spacial score (nSPS) is 10.5. The fourth-order valence-corrected chi connectivity index (χ4v) is 2.05. The molecule has 23 heavy (non-hydrogen) atoms. The minimum Gasteiger partial charge on any atom is -0.481 e. The summed E-state index contributed by atoms with van der Waals surface area (Å²) in [6.45, 7) is 0.421. The van der Waals surface area contributed by atoms with Crippen LogP contribution in [0, 0.1) is 0 Å². The quantitative estimate of drug-likeness (QED) is 0.800. The van der Waals surface area contributed by atoms with Gasteiger partial charge in [-0.3, -0.25) is 9.59 Å². The van der Waals surface area contributed by atoms with E-state index in [0.29, 0.717) is 31.2 Å². The number of carbonyl (C=O) groups excluding carboxylic acids is 1. The number of aryl methyl sites for hydroxylation is 1. The fourth-order valence-electron chi connectivity index (χ4n) is 2.05. The third-order valence-corrected chi connectivity index (χ3v) is 3.35. The van der Waals surface area contributed by atoms with Crippen LogP contribution in [-0.2, 0) is 16.0 Å². The van der Waals surface area contributed by atoms with E-state index in [-0.39, 0.29) is 18.7 Å². The van der Waals surface area contributed by atoms with Crippen molar-refractivity contribution < 1.29 is 19.1 Å². The molecule has 7 heteroatoms. The van der Waals surface area contributed by atoms with Crippen molar-refractivity contribution in [3.63, 3.8) is 0 Å². The van der Waals surface area contributed by atoms with E-state index in [4.69, 9.17) is 9.52 Å². The molecular formula is C16H19N3O4. The summed E-state index contributed by atoms with van der Waals surface area (Å²) in [5.41, 5.74) is 0.836. The number of benzene rings is 1. The summed E-state index contributed by atoms with van der Waals surface area (Å²) >= 11 is 0. The molecule has 1 N–H and O–H groups in total. The van der Waals surface area contributed by atoms with E-state index in [1.165, 1.54) is 4.90 Å². The minimum absolute atomic E-state index is 0.0573. The fraction of sp³-hybridized carbons (Fsp3) is 0.375. The van der Waals surface area contributed by atoms with E-state index in [9.17, 15) is 9.59 Å². The number of carboxylic acid groups (broad SMARTS) is 1. The summed E-state index contributed by atoms with van der Waals surface area (Å²) in [6, 6.07) is 9.42. The Kier molecular flexibility index (Phi) is 5.85. The van der Waals surface area contributed by atoms with Crippen molar-refractivity contribution in [1.82, 2.24) is 15.1 Å². The highest BCUT2D eigenvalue weighted by Gasteiger charge is 2.13. The van der Waals surface area contributed by atoms with Gasteiger partial charge in [0.05, 0.1) is 0 Å². The number of hydrogen-bond donors (Lipinski definition) is 1. The summed E-state index contributed by atoms with van der Waals surface area (Å²) in [5.74, 6) is -0.0843. The van der Waals surface area contributed by atoms with Crippen molar-refractivity contribution in [3.05, 3.63) is 36.2 Å². The van der Waals surface area contributed by atoms with Gasteiger partial charge in [-0.25, -0.2) is 0 Å². The molecule has 2 aromatic rings. The number of aliphatic carboxylic acids is 1. The maximum Gasteiger partial charge on any atom is 0.303 e. The molecule has 0 bridgehead atoms. The second-order valence-electron chi connectivity index (χ2n) is 5.18. The van der Waals surface area contributed by atoms with Gasteiger partial charge in [0.25, 0.3) is 0 Å². The van der Waals surface area contributed by atoms with Crippen molar-refractivity contribution in [2.45, 2.75) is 25.7 Å². The van der Waals surface area contributed by atoms with Crippen LogP contribution in [0.1, 0.15) is 25.2 Å². The Hall–Kier alpha value is -2.70. The van der Waals surface area contributed by atoms with E-state index in [0.717, 1.165) is 5.56 Å². The van der Waals surface area contributed by atoms with Crippen LogP contribution in [0.3, 0.4) is 0 Å². The van der Waals surface area contributed by atoms with Crippen LogP contribution in [-0.4, -0.2) is 45.7 Å². The second kappa shape index (κ2) is 8.07. The first kappa shape index (κ1) is 16.7. The Morgan fingerprint density at radius 2 is 1.91 bits per heavy atom. The summed E-state index contributed by atoms with van der Waals surface area (Å²) in [5, 5.41) is 16.5. The Bertz CT molecular complexity index is 654. The summed E-state index contributed by atoms with van der Waals surface area (Å²) in [6.07, 6.45) is 1.11. The molecule has 1 amide bonds. The zero-order valence-electron chi connectivity index (χ0n) is 12.9. The number of nitrogens with zero attached hydrogens (tertiary/aromatic N) is 3. The van der Waals surface area contributed by atoms with Crippen LogP contribution < -0.4 is 0 Å². The van der Waals surface area contributed by atoms with Gasteiger partial charge in [-0.1, -0.05) is 18.2 Å². The van der Waals surface area contributed by atoms with Crippen LogP contribution in [0.5, 0.6) is 0 Å². The van der Waals surface area contributed by atoms with Gasteiger partial charge >= 0.3 is 5.97 Å². The zero-order valence-corrected chi connectivity index (χ0v) is 12.9. The van der Waals surface area contributed by atoms with Gasteiger partial charge in [-0.05, 0) is 18.6 Å². The summed E-state index contributed by atoms with van der Waals surface area (Å²) in [4.78, 5) is 23.9. The van der Waals surface area contributed by atoms with Crippen molar-refractivity contribution in [2.75, 3.05) is 13.6 Å². The van der Waals surface area contributed by atoms with Gasteiger partial charge in [0.15, 0.2) is 0 Å². The number of aromatic nitrogens is 2. The average molecular weight is 317 g/mol. The molecule has 0 saturated carbocycles. The molecule has 0 saturated heterocycles. The molecule has 1 heterocycles. The van der Waals surface area contributed by atoms with Crippen molar-refractivity contribution in [1.29, 1.82) is 0 Å². The number of amides is 1. The number of carbonyl (C=O) groups is 2. The van der Waals surface area contributed by atoms with Gasteiger partial charge in [0, 0.05) is 38.4 Å². The summed E-state index contributed by atoms with van der Waals surface area (Å²) in [7, 11) is 1.66. The Labute approximate surface area is 133 Å². The van der Waals surface area contributed by atoms with Crippen LogP contribution in [0.4, 0.5) is 0 Å². The standard InChI is InChI=1S/C16H19N3O4/c1-19(11-5-8-15(21)22)14(20)10-9-13-17-18-16(23-13)12-6-3-2-4-7-12/h2-4,6-7H,5,8-11H2,1H3,(H,21,22). The molecule has 0 radical (unpaired) electrons. The largest absolute Gasteiger partial charge is 0.481 e. The van der Waals surface area contributed by atoms with Crippen LogP contribution in [0.15, 0.2) is 34.7 Å². The van der Waals surface area contributed by atoms with E-state index in [1.54, 1.807) is 7.05 Å². The third-order valence-electron chi connectivity index (χ3n) is 3.35. The molecule has 0 unspecified atom stereocenters. The molecule has 1 aromatic carbocycles. The van der Waals surface area contributed by atoms with Crippen molar-refractivity contribution in [2.24, 2.45) is 0 Å². The molecule has 0 aliphatic rings. The Balaban J connectivity index is 1.80. The van der Waals surface area contributed by atoms with Gasteiger partial charge in [0.1, 0.15) is 0 Å². The van der Waals surface area contributed by atoms with Crippen LogP contribution in [0.25, 0.3) is 11.5 Å². The van der Waals surface area contributed by atoms with Gasteiger partial charge in [-0.2, -0.15) is 0 Å². The molecule has 1 aromatic heterocycles. The lowest BCUT2D eigenvalue weighted by Crippen LogP contribution is -2.28. The lowest BCUT2D eigenvalue weighted by Gasteiger charge is -2.15. The SMILES string of the molecule is CN(CCCC(=O)O)C(=O)CCc1nnc(-c2ccccc2)o1. The van der Waals surface area contributed by atoms with Crippen LogP contribution >= 0.6 is 0 Å². The Morgan fingerprint density at radius 3 is 2.61 bits per heavy atom. The van der Waals surface area contributed by atoms with Crippen LogP contribution in [0.2, 0.25) is 0 Å². The highest BCUT2D eigenvalue weighted by atomic mass is 16.4. The molecule has 122 valence electrons. The molecule has 0 spiro atoms. The molecule has 2 rings (SSSR count). The van der Waals surface area contributed by atoms with E-state index in [2.05, 4.69) is 10.2 Å². The molecule has 7 nitrogen and oxygen atoms in total. The number of hydrogen-bond acceptors (Lipinski definition) is 5. The lowest BCUT2D eigenvalue weighted by atomic mass is 10.2. The maximum atomic E-state index is 12.0. The first-order valence-corrected chi connectivity index (χ1v) is 7.40. The lowest BCUT2D eigenvalue weighted by molar-refractivity contribution is -0.138. The van der Waals surface area contributed by atoms with E-state index < -0.39 is 5.97 Å². The summed E-state index contributed by atoms with van der Waals surface area (Å²) < 4.78 is 5.54. The first-order valence-electron chi connectivity index (χ1n) is 7.40. The molecule has 0 fully saturated rings. The molecule has 0 atom stereocenters. The molecule has 0 aliphatic heterocycles. The average Bonchev–Trinajstić information content (AvgIpc) is 3.02.